The van der Waals surface area contributed by atoms with Gasteiger partial charge in [0.2, 0.25) is 0 Å². The molecular formula is C14H24N2O. The predicted molar refractivity (Wildman–Crippen MR) is 72.3 cm³/mol. The first-order valence-electron chi connectivity index (χ1n) is 6.18. The van der Waals surface area contributed by atoms with E-state index in [0.717, 1.165) is 19.5 Å². The first-order valence-corrected chi connectivity index (χ1v) is 6.18. The number of aromatic hydroxyl groups is 1. The topological polar surface area (TPSA) is 26.7 Å². The molecular weight excluding hydrogens is 212 g/mol. The van der Waals surface area contributed by atoms with Crippen molar-refractivity contribution >= 4 is 0 Å². The molecule has 1 rings (SSSR count). The fourth-order valence-corrected chi connectivity index (χ4v) is 2.01. The van der Waals surface area contributed by atoms with Crippen molar-refractivity contribution in [1.82, 2.24) is 9.80 Å². The summed E-state index contributed by atoms with van der Waals surface area (Å²) >= 11 is 0. The van der Waals surface area contributed by atoms with E-state index in [-0.39, 0.29) is 0 Å². The number of hydrogen-bond acceptors (Lipinski definition) is 3. The van der Waals surface area contributed by atoms with Crippen molar-refractivity contribution in [3.63, 3.8) is 0 Å². The van der Waals surface area contributed by atoms with Crippen LogP contribution in [0.3, 0.4) is 0 Å². The van der Waals surface area contributed by atoms with Crippen LogP contribution < -0.4 is 0 Å². The summed E-state index contributed by atoms with van der Waals surface area (Å²) < 4.78 is 0. The Hall–Kier alpha value is -1.06. The summed E-state index contributed by atoms with van der Waals surface area (Å²) in [4.78, 5) is 4.56. The minimum atomic E-state index is 0.333. The lowest BCUT2D eigenvalue weighted by molar-refractivity contribution is 0.214. The van der Waals surface area contributed by atoms with Crippen LogP contribution in [0.15, 0.2) is 24.3 Å². The zero-order valence-electron chi connectivity index (χ0n) is 11.3. The zero-order chi connectivity index (χ0) is 12.8. The van der Waals surface area contributed by atoms with Gasteiger partial charge in [0.1, 0.15) is 5.75 Å². The molecule has 3 nitrogen and oxygen atoms in total. The van der Waals surface area contributed by atoms with Crippen LogP contribution in [0, 0.1) is 0 Å². The van der Waals surface area contributed by atoms with Crippen molar-refractivity contribution in [1.29, 1.82) is 0 Å². The summed E-state index contributed by atoms with van der Waals surface area (Å²) in [5.74, 6) is 0.333. The fourth-order valence-electron chi connectivity index (χ4n) is 2.01. The Morgan fingerprint density at radius 2 is 1.65 bits per heavy atom. The van der Waals surface area contributed by atoms with Crippen LogP contribution in [0.4, 0.5) is 0 Å². The molecule has 0 aliphatic rings. The Bertz CT molecular complexity index is 321. The summed E-state index contributed by atoms with van der Waals surface area (Å²) in [6.07, 6.45) is 1.08. The molecule has 0 spiro atoms. The second kappa shape index (κ2) is 6.62. The molecule has 0 radical (unpaired) electrons. The van der Waals surface area contributed by atoms with Gasteiger partial charge in [-0.15, -0.1) is 0 Å². The molecule has 0 aliphatic carbocycles. The van der Waals surface area contributed by atoms with Crippen LogP contribution in [-0.4, -0.2) is 49.1 Å². The van der Waals surface area contributed by atoms with E-state index in [1.807, 2.05) is 12.1 Å². The third-order valence-corrected chi connectivity index (χ3v) is 3.10. The smallest absolute Gasteiger partial charge is 0.115 e. The molecule has 0 amide bonds. The van der Waals surface area contributed by atoms with Crippen LogP contribution in [-0.2, 0) is 0 Å². The maximum absolute atomic E-state index is 9.31. The van der Waals surface area contributed by atoms with Crippen molar-refractivity contribution in [2.75, 3.05) is 34.2 Å². The van der Waals surface area contributed by atoms with Crippen molar-refractivity contribution in [3.05, 3.63) is 29.8 Å². The average Bonchev–Trinajstić information content (AvgIpc) is 2.30. The summed E-state index contributed by atoms with van der Waals surface area (Å²) in [5, 5.41) is 9.31. The lowest BCUT2D eigenvalue weighted by Gasteiger charge is -2.28. The first-order chi connectivity index (χ1) is 8.04. The van der Waals surface area contributed by atoms with Crippen LogP contribution in [0.5, 0.6) is 5.75 Å². The Balaban J connectivity index is 2.66. The maximum atomic E-state index is 9.31. The second-order valence-corrected chi connectivity index (χ2v) is 4.80. The summed E-state index contributed by atoms with van der Waals surface area (Å²) in [5.41, 5.74) is 1.27. The predicted octanol–water partition coefficient (Wildman–Crippen LogP) is 2.34. The molecule has 3 heteroatoms. The number of nitrogens with zero attached hydrogens (tertiary/aromatic N) is 2. The minimum absolute atomic E-state index is 0.333. The Labute approximate surface area is 105 Å². The van der Waals surface area contributed by atoms with Gasteiger partial charge >= 0.3 is 0 Å². The summed E-state index contributed by atoms with van der Waals surface area (Å²) in [6.45, 7) is 4.31. The van der Waals surface area contributed by atoms with Gasteiger partial charge in [-0.05, 0) is 45.3 Å². The average molecular weight is 236 g/mol. The lowest BCUT2D eigenvalue weighted by atomic mass is 10.0. The van der Waals surface area contributed by atoms with Gasteiger partial charge in [-0.2, -0.15) is 0 Å². The molecule has 1 atom stereocenters. The third-order valence-electron chi connectivity index (χ3n) is 3.10. The Morgan fingerprint density at radius 3 is 2.12 bits per heavy atom. The summed E-state index contributed by atoms with van der Waals surface area (Å²) in [6, 6.07) is 7.97. The van der Waals surface area contributed by atoms with Crippen molar-refractivity contribution in [3.8, 4) is 5.75 Å². The van der Waals surface area contributed by atoms with Gasteiger partial charge in [0.15, 0.2) is 0 Å². The van der Waals surface area contributed by atoms with E-state index in [0.29, 0.717) is 11.8 Å². The highest BCUT2D eigenvalue weighted by molar-refractivity contribution is 5.28. The van der Waals surface area contributed by atoms with E-state index >= 15 is 0 Å². The first kappa shape index (κ1) is 14.0. The van der Waals surface area contributed by atoms with E-state index in [9.17, 15) is 5.11 Å². The molecule has 0 aromatic heterocycles. The SMILES string of the molecule is CCC(c1ccc(O)cc1)N(C)CCN(C)C. The van der Waals surface area contributed by atoms with Gasteiger partial charge in [0.25, 0.3) is 0 Å². The molecule has 17 heavy (non-hydrogen) atoms. The van der Waals surface area contributed by atoms with Crippen LogP contribution in [0.2, 0.25) is 0 Å². The molecule has 0 saturated heterocycles. The maximum Gasteiger partial charge on any atom is 0.115 e. The molecule has 0 bridgehead atoms. The molecule has 96 valence electrons. The molecule has 0 saturated carbocycles. The largest absolute Gasteiger partial charge is 0.508 e. The monoisotopic (exact) mass is 236 g/mol. The fraction of sp³-hybridized carbons (Fsp3) is 0.571. The van der Waals surface area contributed by atoms with E-state index in [2.05, 4.69) is 37.9 Å². The second-order valence-electron chi connectivity index (χ2n) is 4.80. The lowest BCUT2D eigenvalue weighted by Crippen LogP contribution is -2.31. The normalized spacial score (nSPS) is 13.3. The molecule has 0 fully saturated rings. The molecule has 0 heterocycles. The van der Waals surface area contributed by atoms with E-state index in [1.165, 1.54) is 5.56 Å². The number of likely N-dealkylation sites (N-methyl/N-ethyl adjacent to an activating group) is 2. The number of hydrogen-bond donors (Lipinski definition) is 1. The number of phenols is 1. The minimum Gasteiger partial charge on any atom is -0.508 e. The van der Waals surface area contributed by atoms with E-state index < -0.39 is 0 Å². The van der Waals surface area contributed by atoms with Crippen molar-refractivity contribution in [2.45, 2.75) is 19.4 Å². The number of phenolic OH excluding ortho intramolecular Hbond substituents is 1. The van der Waals surface area contributed by atoms with Gasteiger partial charge in [-0.25, -0.2) is 0 Å². The van der Waals surface area contributed by atoms with E-state index in [4.69, 9.17) is 0 Å². The molecule has 1 unspecified atom stereocenters. The highest BCUT2D eigenvalue weighted by atomic mass is 16.3. The van der Waals surface area contributed by atoms with Gasteiger partial charge in [-0.1, -0.05) is 19.1 Å². The van der Waals surface area contributed by atoms with Crippen molar-refractivity contribution in [2.24, 2.45) is 0 Å². The third kappa shape index (κ3) is 4.36. The number of rotatable bonds is 6. The highest BCUT2D eigenvalue weighted by Gasteiger charge is 2.14. The Morgan fingerprint density at radius 1 is 1.06 bits per heavy atom. The van der Waals surface area contributed by atoms with Gasteiger partial charge in [0, 0.05) is 19.1 Å². The van der Waals surface area contributed by atoms with E-state index in [1.54, 1.807) is 12.1 Å². The molecule has 1 N–H and O–H groups in total. The van der Waals surface area contributed by atoms with Crippen LogP contribution >= 0.6 is 0 Å². The number of benzene rings is 1. The zero-order valence-corrected chi connectivity index (χ0v) is 11.3. The standard InChI is InChI=1S/C14H24N2O/c1-5-14(16(4)11-10-15(2)3)12-6-8-13(17)9-7-12/h6-9,14,17H,5,10-11H2,1-4H3. The summed E-state index contributed by atoms with van der Waals surface area (Å²) in [7, 11) is 6.34. The molecule has 1 aromatic rings. The quantitative estimate of drug-likeness (QED) is 0.821. The van der Waals surface area contributed by atoms with Gasteiger partial charge in [-0.3, -0.25) is 4.90 Å². The van der Waals surface area contributed by atoms with Crippen molar-refractivity contribution < 1.29 is 5.11 Å². The van der Waals surface area contributed by atoms with Crippen LogP contribution in [0.1, 0.15) is 24.9 Å². The Kier molecular flexibility index (Phi) is 5.45. The highest BCUT2D eigenvalue weighted by Crippen LogP contribution is 2.24. The van der Waals surface area contributed by atoms with Crippen LogP contribution in [0.25, 0.3) is 0 Å². The molecule has 0 aliphatic heterocycles. The molecule has 1 aromatic carbocycles. The van der Waals surface area contributed by atoms with Gasteiger partial charge in [0.05, 0.1) is 0 Å². The van der Waals surface area contributed by atoms with Gasteiger partial charge < -0.3 is 10.0 Å².